The van der Waals surface area contributed by atoms with Crippen molar-refractivity contribution in [1.29, 1.82) is 0 Å². The molecule has 1 heterocycles. The van der Waals surface area contributed by atoms with Crippen molar-refractivity contribution < 1.29 is 14.3 Å². The molecular formula is C18H27N3O3. The molecule has 0 bridgehead atoms. The van der Waals surface area contributed by atoms with E-state index in [0.29, 0.717) is 24.4 Å². The Balaban J connectivity index is 2.20. The van der Waals surface area contributed by atoms with Gasteiger partial charge in [-0.05, 0) is 57.5 Å². The highest BCUT2D eigenvalue weighted by atomic mass is 16.5. The van der Waals surface area contributed by atoms with Crippen LogP contribution in [0.4, 0.5) is 5.69 Å². The van der Waals surface area contributed by atoms with Crippen LogP contribution in [0.3, 0.4) is 0 Å². The van der Waals surface area contributed by atoms with E-state index in [-0.39, 0.29) is 11.8 Å². The summed E-state index contributed by atoms with van der Waals surface area (Å²) in [6.07, 6.45) is 1.48. The summed E-state index contributed by atoms with van der Waals surface area (Å²) in [6, 6.07) is 5.36. The summed E-state index contributed by atoms with van der Waals surface area (Å²) in [5.41, 5.74) is 1.63. The normalized spacial score (nSPS) is 16.5. The van der Waals surface area contributed by atoms with Crippen LogP contribution in [-0.4, -0.2) is 45.2 Å². The molecule has 2 rings (SSSR count). The SMILES string of the molecule is CCNC(=O)c1ccc(C)c(NC(=O)C2(COC)CCNCC2)c1. The molecule has 1 fully saturated rings. The van der Waals surface area contributed by atoms with Gasteiger partial charge in [-0.2, -0.15) is 0 Å². The van der Waals surface area contributed by atoms with Crippen LogP contribution in [0.5, 0.6) is 0 Å². The second kappa shape index (κ2) is 8.26. The first kappa shape index (κ1) is 18.4. The number of carbonyl (C=O) groups is 2. The number of amides is 2. The minimum absolute atomic E-state index is 0.0398. The third kappa shape index (κ3) is 4.13. The van der Waals surface area contributed by atoms with Crippen LogP contribution in [-0.2, 0) is 9.53 Å². The van der Waals surface area contributed by atoms with Gasteiger partial charge < -0.3 is 20.7 Å². The molecule has 0 saturated carbocycles. The lowest BCUT2D eigenvalue weighted by molar-refractivity contribution is -0.130. The fraction of sp³-hybridized carbons (Fsp3) is 0.556. The highest BCUT2D eigenvalue weighted by Crippen LogP contribution is 2.31. The fourth-order valence-corrected chi connectivity index (χ4v) is 3.03. The predicted molar refractivity (Wildman–Crippen MR) is 94.2 cm³/mol. The minimum Gasteiger partial charge on any atom is -0.384 e. The van der Waals surface area contributed by atoms with Gasteiger partial charge in [0.2, 0.25) is 5.91 Å². The van der Waals surface area contributed by atoms with E-state index in [1.54, 1.807) is 19.2 Å². The standard InChI is InChI=1S/C18H27N3O3/c1-4-20-16(22)14-6-5-13(2)15(11-14)21-17(23)18(12-24-3)7-9-19-10-8-18/h5-6,11,19H,4,7-10,12H2,1-3H3,(H,20,22)(H,21,23). The summed E-state index contributed by atoms with van der Waals surface area (Å²) >= 11 is 0. The fourth-order valence-electron chi connectivity index (χ4n) is 3.03. The van der Waals surface area contributed by atoms with E-state index in [0.717, 1.165) is 31.5 Å². The molecule has 6 heteroatoms. The van der Waals surface area contributed by atoms with E-state index >= 15 is 0 Å². The summed E-state index contributed by atoms with van der Waals surface area (Å²) in [6.45, 7) is 6.36. The van der Waals surface area contributed by atoms with Crippen LogP contribution in [0.1, 0.15) is 35.7 Å². The lowest BCUT2D eigenvalue weighted by Gasteiger charge is -2.35. The summed E-state index contributed by atoms with van der Waals surface area (Å²) < 4.78 is 5.31. The molecule has 0 aromatic heterocycles. The highest BCUT2D eigenvalue weighted by molar-refractivity contribution is 5.99. The molecule has 1 saturated heterocycles. The van der Waals surface area contributed by atoms with Crippen molar-refractivity contribution in [2.75, 3.05) is 38.7 Å². The van der Waals surface area contributed by atoms with Gasteiger partial charge in [0.05, 0.1) is 12.0 Å². The van der Waals surface area contributed by atoms with Gasteiger partial charge in [0.1, 0.15) is 0 Å². The van der Waals surface area contributed by atoms with Crippen molar-refractivity contribution in [3.63, 3.8) is 0 Å². The quantitative estimate of drug-likeness (QED) is 0.740. The van der Waals surface area contributed by atoms with E-state index in [9.17, 15) is 9.59 Å². The second-order valence-corrected chi connectivity index (χ2v) is 6.31. The molecule has 0 unspecified atom stereocenters. The van der Waals surface area contributed by atoms with E-state index in [2.05, 4.69) is 16.0 Å². The minimum atomic E-state index is -0.520. The molecule has 0 atom stereocenters. The number of benzene rings is 1. The van der Waals surface area contributed by atoms with Crippen molar-refractivity contribution in [3.8, 4) is 0 Å². The summed E-state index contributed by atoms with van der Waals surface area (Å²) in [4.78, 5) is 24.9. The van der Waals surface area contributed by atoms with Crippen LogP contribution < -0.4 is 16.0 Å². The number of aryl methyl sites for hydroxylation is 1. The monoisotopic (exact) mass is 333 g/mol. The molecule has 1 aromatic rings. The molecule has 6 nitrogen and oxygen atoms in total. The predicted octanol–water partition coefficient (Wildman–Crippen LogP) is 1.70. The molecule has 0 radical (unpaired) electrons. The van der Waals surface area contributed by atoms with E-state index < -0.39 is 5.41 Å². The third-order valence-electron chi connectivity index (χ3n) is 4.55. The summed E-state index contributed by atoms with van der Waals surface area (Å²) in [7, 11) is 1.62. The van der Waals surface area contributed by atoms with Gasteiger partial charge >= 0.3 is 0 Å². The maximum Gasteiger partial charge on any atom is 0.251 e. The van der Waals surface area contributed by atoms with Crippen LogP contribution in [0.2, 0.25) is 0 Å². The molecule has 1 aliphatic rings. The van der Waals surface area contributed by atoms with Crippen LogP contribution in [0, 0.1) is 12.3 Å². The first-order valence-corrected chi connectivity index (χ1v) is 8.42. The number of hydrogen-bond acceptors (Lipinski definition) is 4. The van der Waals surface area contributed by atoms with E-state index in [4.69, 9.17) is 4.74 Å². The first-order chi connectivity index (χ1) is 11.5. The molecule has 132 valence electrons. The van der Waals surface area contributed by atoms with Gasteiger partial charge in [-0.3, -0.25) is 9.59 Å². The summed E-state index contributed by atoms with van der Waals surface area (Å²) in [5.74, 6) is -0.177. The molecule has 1 aliphatic heterocycles. The van der Waals surface area contributed by atoms with Gasteiger partial charge in [0, 0.05) is 24.9 Å². The molecule has 1 aromatic carbocycles. The van der Waals surface area contributed by atoms with E-state index in [1.807, 2.05) is 19.9 Å². The molecule has 3 N–H and O–H groups in total. The third-order valence-corrected chi connectivity index (χ3v) is 4.55. The Morgan fingerprint density at radius 1 is 1.29 bits per heavy atom. The zero-order valence-electron chi connectivity index (χ0n) is 14.7. The number of anilines is 1. The largest absolute Gasteiger partial charge is 0.384 e. The Morgan fingerprint density at radius 3 is 2.62 bits per heavy atom. The van der Waals surface area contributed by atoms with Gasteiger partial charge in [-0.15, -0.1) is 0 Å². The van der Waals surface area contributed by atoms with Gasteiger partial charge in [0.25, 0.3) is 5.91 Å². The average Bonchev–Trinajstić information content (AvgIpc) is 2.58. The molecule has 0 aliphatic carbocycles. The number of piperidine rings is 1. The Kier molecular flexibility index (Phi) is 6.34. The molecule has 24 heavy (non-hydrogen) atoms. The number of hydrogen-bond donors (Lipinski definition) is 3. The van der Waals surface area contributed by atoms with Crippen LogP contribution >= 0.6 is 0 Å². The van der Waals surface area contributed by atoms with Gasteiger partial charge in [0.15, 0.2) is 0 Å². The smallest absolute Gasteiger partial charge is 0.251 e. The topological polar surface area (TPSA) is 79.5 Å². The maximum atomic E-state index is 12.9. The Bertz CT molecular complexity index is 590. The number of ether oxygens (including phenoxy) is 1. The second-order valence-electron chi connectivity index (χ2n) is 6.31. The van der Waals surface area contributed by atoms with Crippen molar-refractivity contribution in [2.24, 2.45) is 5.41 Å². The zero-order chi connectivity index (χ0) is 17.6. The summed E-state index contributed by atoms with van der Waals surface area (Å²) in [5, 5.41) is 9.07. The van der Waals surface area contributed by atoms with Crippen molar-refractivity contribution in [2.45, 2.75) is 26.7 Å². The van der Waals surface area contributed by atoms with Gasteiger partial charge in [-0.25, -0.2) is 0 Å². The average molecular weight is 333 g/mol. The van der Waals surface area contributed by atoms with E-state index in [1.165, 1.54) is 0 Å². The number of methoxy groups -OCH3 is 1. The molecule has 2 amide bonds. The Hall–Kier alpha value is -1.92. The highest BCUT2D eigenvalue weighted by Gasteiger charge is 2.39. The molecule has 0 spiro atoms. The lowest BCUT2D eigenvalue weighted by Crippen LogP contribution is -2.47. The lowest BCUT2D eigenvalue weighted by atomic mass is 9.78. The number of rotatable bonds is 6. The first-order valence-electron chi connectivity index (χ1n) is 8.42. The number of carbonyl (C=O) groups excluding carboxylic acids is 2. The number of nitrogens with one attached hydrogen (secondary N) is 3. The Morgan fingerprint density at radius 2 is 2.00 bits per heavy atom. The maximum absolute atomic E-state index is 12.9. The van der Waals surface area contributed by atoms with Crippen molar-refractivity contribution >= 4 is 17.5 Å². The Labute approximate surface area is 143 Å². The van der Waals surface area contributed by atoms with Crippen LogP contribution in [0.25, 0.3) is 0 Å². The van der Waals surface area contributed by atoms with Crippen LogP contribution in [0.15, 0.2) is 18.2 Å². The molecular weight excluding hydrogens is 306 g/mol. The van der Waals surface area contributed by atoms with Gasteiger partial charge in [-0.1, -0.05) is 6.07 Å². The van der Waals surface area contributed by atoms with Crippen molar-refractivity contribution in [3.05, 3.63) is 29.3 Å². The zero-order valence-corrected chi connectivity index (χ0v) is 14.7. The van der Waals surface area contributed by atoms with Crippen molar-refractivity contribution in [1.82, 2.24) is 10.6 Å².